The summed E-state index contributed by atoms with van der Waals surface area (Å²) < 4.78 is 0. The Labute approximate surface area is 103 Å². The SMILES string of the molecule is O=C(O)CC1(CSc2ccncc2Cl)CC1. The molecule has 1 aliphatic carbocycles. The van der Waals surface area contributed by atoms with Crippen molar-refractivity contribution in [1.29, 1.82) is 0 Å². The quantitative estimate of drug-likeness (QED) is 0.824. The molecule has 3 nitrogen and oxygen atoms in total. The lowest BCUT2D eigenvalue weighted by atomic mass is 10.1. The summed E-state index contributed by atoms with van der Waals surface area (Å²) in [7, 11) is 0. The van der Waals surface area contributed by atoms with Crippen LogP contribution in [-0.2, 0) is 4.79 Å². The van der Waals surface area contributed by atoms with Crippen LogP contribution in [0.2, 0.25) is 5.02 Å². The molecule has 1 aliphatic rings. The maximum absolute atomic E-state index is 10.7. The average molecular weight is 258 g/mol. The van der Waals surface area contributed by atoms with Crippen LogP contribution < -0.4 is 0 Å². The summed E-state index contributed by atoms with van der Waals surface area (Å²) in [4.78, 5) is 15.6. The number of halogens is 1. The summed E-state index contributed by atoms with van der Waals surface area (Å²) in [6.07, 6.45) is 5.60. The molecule has 1 saturated carbocycles. The number of aromatic nitrogens is 1. The smallest absolute Gasteiger partial charge is 0.303 e. The van der Waals surface area contributed by atoms with Gasteiger partial charge >= 0.3 is 5.97 Å². The first kappa shape index (κ1) is 11.7. The van der Waals surface area contributed by atoms with Gasteiger partial charge in [0, 0.05) is 23.0 Å². The van der Waals surface area contributed by atoms with Gasteiger partial charge in [-0.1, -0.05) is 11.6 Å². The molecule has 1 N–H and O–H groups in total. The molecule has 0 radical (unpaired) electrons. The highest BCUT2D eigenvalue weighted by Crippen LogP contribution is 2.52. The fourth-order valence-electron chi connectivity index (χ4n) is 1.58. The van der Waals surface area contributed by atoms with Crippen molar-refractivity contribution in [2.24, 2.45) is 5.41 Å². The third-order valence-electron chi connectivity index (χ3n) is 2.75. The molecule has 1 aromatic rings. The van der Waals surface area contributed by atoms with Gasteiger partial charge in [-0.2, -0.15) is 0 Å². The van der Waals surface area contributed by atoms with Gasteiger partial charge in [-0.15, -0.1) is 11.8 Å². The van der Waals surface area contributed by atoms with E-state index in [1.807, 2.05) is 6.07 Å². The van der Waals surface area contributed by atoms with Crippen molar-refractivity contribution >= 4 is 29.3 Å². The first-order valence-electron chi connectivity index (χ1n) is 5.05. The molecule has 1 aromatic heterocycles. The Morgan fingerprint density at radius 2 is 2.38 bits per heavy atom. The van der Waals surface area contributed by atoms with Crippen molar-refractivity contribution in [3.05, 3.63) is 23.5 Å². The molecule has 1 heterocycles. The van der Waals surface area contributed by atoms with Crippen LogP contribution in [0.3, 0.4) is 0 Å². The number of pyridine rings is 1. The fraction of sp³-hybridized carbons (Fsp3) is 0.455. The van der Waals surface area contributed by atoms with Crippen LogP contribution in [0, 0.1) is 5.41 Å². The van der Waals surface area contributed by atoms with Gasteiger partial charge in [0.2, 0.25) is 0 Å². The van der Waals surface area contributed by atoms with Crippen LogP contribution in [0.4, 0.5) is 0 Å². The summed E-state index contributed by atoms with van der Waals surface area (Å²) in [5.74, 6) is 0.113. The van der Waals surface area contributed by atoms with E-state index in [0.29, 0.717) is 5.02 Å². The molecule has 0 amide bonds. The summed E-state index contributed by atoms with van der Waals surface area (Å²) in [6, 6.07) is 1.86. The predicted molar refractivity (Wildman–Crippen MR) is 63.9 cm³/mol. The van der Waals surface area contributed by atoms with Crippen LogP contribution >= 0.6 is 23.4 Å². The lowest BCUT2D eigenvalue weighted by Gasteiger charge is -2.11. The zero-order valence-corrected chi connectivity index (χ0v) is 10.2. The van der Waals surface area contributed by atoms with Gasteiger partial charge in [-0.05, 0) is 24.3 Å². The lowest BCUT2D eigenvalue weighted by molar-refractivity contribution is -0.138. The summed E-state index contributed by atoms with van der Waals surface area (Å²) >= 11 is 7.60. The highest BCUT2D eigenvalue weighted by atomic mass is 35.5. The number of carbonyl (C=O) groups is 1. The topological polar surface area (TPSA) is 50.2 Å². The monoisotopic (exact) mass is 257 g/mol. The number of thioether (sulfide) groups is 1. The van der Waals surface area contributed by atoms with Crippen LogP contribution in [0.5, 0.6) is 0 Å². The van der Waals surface area contributed by atoms with Crippen molar-refractivity contribution in [2.75, 3.05) is 5.75 Å². The Morgan fingerprint density at radius 1 is 1.62 bits per heavy atom. The fourth-order valence-corrected chi connectivity index (χ4v) is 3.06. The van der Waals surface area contributed by atoms with E-state index in [4.69, 9.17) is 16.7 Å². The average Bonchev–Trinajstić information content (AvgIpc) is 2.96. The summed E-state index contributed by atoms with van der Waals surface area (Å²) in [6.45, 7) is 0. The molecule has 0 aliphatic heterocycles. The van der Waals surface area contributed by atoms with E-state index in [9.17, 15) is 4.79 Å². The Kier molecular flexibility index (Phi) is 3.40. The standard InChI is InChI=1S/C11H12ClNO2S/c12-8-6-13-4-1-9(8)16-7-11(2-3-11)5-10(14)15/h1,4,6H,2-3,5,7H2,(H,14,15). The van der Waals surface area contributed by atoms with E-state index >= 15 is 0 Å². The van der Waals surface area contributed by atoms with Gasteiger partial charge in [-0.3, -0.25) is 9.78 Å². The first-order chi connectivity index (χ1) is 7.61. The van der Waals surface area contributed by atoms with E-state index in [2.05, 4.69) is 4.98 Å². The zero-order chi connectivity index (χ0) is 11.6. The van der Waals surface area contributed by atoms with Crippen molar-refractivity contribution in [3.8, 4) is 0 Å². The highest BCUT2D eigenvalue weighted by molar-refractivity contribution is 7.99. The molecule has 2 rings (SSSR count). The number of carboxylic acid groups (broad SMARTS) is 1. The second kappa shape index (κ2) is 4.63. The van der Waals surface area contributed by atoms with E-state index in [1.54, 1.807) is 24.2 Å². The largest absolute Gasteiger partial charge is 0.481 e. The third-order valence-corrected chi connectivity index (χ3v) is 4.59. The summed E-state index contributed by atoms with van der Waals surface area (Å²) in [5, 5.41) is 9.43. The Hall–Kier alpha value is -0.740. The Morgan fingerprint density at radius 3 is 2.94 bits per heavy atom. The zero-order valence-electron chi connectivity index (χ0n) is 8.65. The second-order valence-corrected chi connectivity index (χ2v) is 5.59. The number of rotatable bonds is 5. The maximum Gasteiger partial charge on any atom is 0.303 e. The van der Waals surface area contributed by atoms with E-state index in [0.717, 1.165) is 23.5 Å². The van der Waals surface area contributed by atoms with E-state index < -0.39 is 5.97 Å². The minimum absolute atomic E-state index is 0.00307. The van der Waals surface area contributed by atoms with Gasteiger partial charge in [0.25, 0.3) is 0 Å². The number of aliphatic carboxylic acids is 1. The molecule has 0 spiro atoms. The molecule has 5 heteroatoms. The van der Waals surface area contributed by atoms with Crippen molar-refractivity contribution in [3.63, 3.8) is 0 Å². The maximum atomic E-state index is 10.7. The number of nitrogens with zero attached hydrogens (tertiary/aromatic N) is 1. The predicted octanol–water partition coefficient (Wildman–Crippen LogP) is 3.08. The van der Waals surface area contributed by atoms with E-state index in [-0.39, 0.29) is 11.8 Å². The molecule has 86 valence electrons. The molecule has 0 bridgehead atoms. The lowest BCUT2D eigenvalue weighted by Crippen LogP contribution is -2.10. The van der Waals surface area contributed by atoms with Crippen molar-refractivity contribution in [2.45, 2.75) is 24.2 Å². The molecule has 0 saturated heterocycles. The molecule has 0 aromatic carbocycles. The first-order valence-corrected chi connectivity index (χ1v) is 6.42. The minimum Gasteiger partial charge on any atom is -0.481 e. The van der Waals surface area contributed by atoms with Crippen molar-refractivity contribution in [1.82, 2.24) is 4.98 Å². The van der Waals surface area contributed by atoms with Crippen molar-refractivity contribution < 1.29 is 9.90 Å². The van der Waals surface area contributed by atoms with Crippen LogP contribution in [-0.4, -0.2) is 21.8 Å². The Bertz CT molecular complexity index is 407. The second-order valence-electron chi connectivity index (χ2n) is 4.17. The number of carboxylic acids is 1. The summed E-state index contributed by atoms with van der Waals surface area (Å²) in [5.41, 5.74) is 0.00307. The Balaban J connectivity index is 1.93. The van der Waals surface area contributed by atoms with Gasteiger partial charge in [0.15, 0.2) is 0 Å². The van der Waals surface area contributed by atoms with Gasteiger partial charge in [-0.25, -0.2) is 0 Å². The molecular weight excluding hydrogens is 246 g/mol. The van der Waals surface area contributed by atoms with Gasteiger partial charge in [0.1, 0.15) is 0 Å². The molecule has 0 unspecified atom stereocenters. The number of hydrogen-bond donors (Lipinski definition) is 1. The van der Waals surface area contributed by atoms with Crippen LogP contribution in [0.25, 0.3) is 0 Å². The van der Waals surface area contributed by atoms with Gasteiger partial charge in [0.05, 0.1) is 11.4 Å². The van der Waals surface area contributed by atoms with Gasteiger partial charge < -0.3 is 5.11 Å². The van der Waals surface area contributed by atoms with Crippen LogP contribution in [0.1, 0.15) is 19.3 Å². The third kappa shape index (κ3) is 2.89. The number of hydrogen-bond acceptors (Lipinski definition) is 3. The molecule has 0 atom stereocenters. The van der Waals surface area contributed by atoms with Crippen LogP contribution in [0.15, 0.2) is 23.4 Å². The molecule has 16 heavy (non-hydrogen) atoms. The molecular formula is C11H12ClNO2S. The normalized spacial score (nSPS) is 17.1. The minimum atomic E-state index is -0.709. The highest BCUT2D eigenvalue weighted by Gasteiger charge is 2.44. The molecule has 1 fully saturated rings. The van der Waals surface area contributed by atoms with E-state index in [1.165, 1.54) is 0 Å².